The third kappa shape index (κ3) is 5.09. The summed E-state index contributed by atoms with van der Waals surface area (Å²) in [5.41, 5.74) is 0. The average molecular weight is 257 g/mol. The van der Waals surface area contributed by atoms with E-state index in [1.54, 1.807) is 12.1 Å². The van der Waals surface area contributed by atoms with Gasteiger partial charge in [-0.3, -0.25) is 4.79 Å². The van der Waals surface area contributed by atoms with Gasteiger partial charge in [-0.1, -0.05) is 30.7 Å². The van der Waals surface area contributed by atoms with E-state index in [0.717, 1.165) is 6.42 Å². The molecule has 1 rings (SSSR count). The quantitative estimate of drug-likeness (QED) is 0.732. The van der Waals surface area contributed by atoms with Crippen molar-refractivity contribution in [2.24, 2.45) is 0 Å². The van der Waals surface area contributed by atoms with E-state index in [1.165, 1.54) is 0 Å². The minimum atomic E-state index is -0.212. The number of ether oxygens (including phenoxy) is 2. The zero-order valence-corrected chi connectivity index (χ0v) is 10.9. The lowest BCUT2D eigenvalue weighted by atomic mass is 10.3. The van der Waals surface area contributed by atoms with Crippen LogP contribution < -0.4 is 4.74 Å². The maximum Gasteiger partial charge on any atom is 0.305 e. The second-order valence-corrected chi connectivity index (χ2v) is 4.20. The summed E-state index contributed by atoms with van der Waals surface area (Å²) >= 11 is 5.95. The molecule has 0 saturated carbocycles. The van der Waals surface area contributed by atoms with Crippen molar-refractivity contribution in [1.29, 1.82) is 0 Å². The third-order valence-electron chi connectivity index (χ3n) is 2.10. The molecule has 3 nitrogen and oxygen atoms in total. The lowest BCUT2D eigenvalue weighted by Crippen LogP contribution is -2.21. The van der Waals surface area contributed by atoms with Gasteiger partial charge >= 0.3 is 5.97 Å². The van der Waals surface area contributed by atoms with Gasteiger partial charge in [0.05, 0.1) is 5.02 Å². The first-order valence-electron chi connectivity index (χ1n) is 5.70. The van der Waals surface area contributed by atoms with E-state index in [-0.39, 0.29) is 18.7 Å². The number of halogens is 1. The summed E-state index contributed by atoms with van der Waals surface area (Å²) in [6, 6.07) is 7.22. The number of hydrogen-bond acceptors (Lipinski definition) is 3. The SMILES string of the molecule is CCCC(=O)OC[C@H](C)Oc1ccccc1Cl. The van der Waals surface area contributed by atoms with Crippen LogP contribution in [0.15, 0.2) is 24.3 Å². The van der Waals surface area contributed by atoms with Crippen LogP contribution in [0, 0.1) is 0 Å². The van der Waals surface area contributed by atoms with Gasteiger partial charge in [-0.15, -0.1) is 0 Å². The van der Waals surface area contributed by atoms with E-state index in [4.69, 9.17) is 21.1 Å². The molecular weight excluding hydrogens is 240 g/mol. The van der Waals surface area contributed by atoms with Crippen molar-refractivity contribution < 1.29 is 14.3 Å². The molecule has 1 aromatic rings. The molecule has 0 N–H and O–H groups in total. The summed E-state index contributed by atoms with van der Waals surface area (Å²) in [5.74, 6) is 0.412. The van der Waals surface area contributed by atoms with E-state index < -0.39 is 0 Å². The molecule has 17 heavy (non-hydrogen) atoms. The molecule has 1 aromatic carbocycles. The van der Waals surface area contributed by atoms with Crippen LogP contribution >= 0.6 is 11.6 Å². The van der Waals surface area contributed by atoms with E-state index in [2.05, 4.69) is 0 Å². The molecule has 0 spiro atoms. The zero-order chi connectivity index (χ0) is 12.7. The smallest absolute Gasteiger partial charge is 0.305 e. The van der Waals surface area contributed by atoms with Gasteiger partial charge in [-0.25, -0.2) is 0 Å². The van der Waals surface area contributed by atoms with E-state index in [9.17, 15) is 4.79 Å². The Kier molecular flexibility index (Phi) is 5.84. The van der Waals surface area contributed by atoms with Crippen molar-refractivity contribution in [2.45, 2.75) is 32.8 Å². The Labute approximate surface area is 107 Å². The van der Waals surface area contributed by atoms with Gasteiger partial charge in [0.25, 0.3) is 0 Å². The normalized spacial score (nSPS) is 11.9. The van der Waals surface area contributed by atoms with Gasteiger partial charge in [0.2, 0.25) is 0 Å². The molecular formula is C13H17ClO3. The number of esters is 1. The number of rotatable bonds is 6. The van der Waals surface area contributed by atoms with Crippen LogP contribution in [0.1, 0.15) is 26.7 Å². The van der Waals surface area contributed by atoms with Crippen LogP contribution in [-0.4, -0.2) is 18.7 Å². The van der Waals surface area contributed by atoms with Crippen LogP contribution in [0.2, 0.25) is 5.02 Å². The second-order valence-electron chi connectivity index (χ2n) is 3.79. The minimum absolute atomic E-state index is 0.192. The molecule has 0 saturated heterocycles. The van der Waals surface area contributed by atoms with E-state index >= 15 is 0 Å². The molecule has 0 bridgehead atoms. The summed E-state index contributed by atoms with van der Waals surface area (Å²) in [7, 11) is 0. The van der Waals surface area contributed by atoms with Crippen molar-refractivity contribution in [3.8, 4) is 5.75 Å². The molecule has 0 aromatic heterocycles. The van der Waals surface area contributed by atoms with Gasteiger partial charge in [0.1, 0.15) is 18.5 Å². The minimum Gasteiger partial charge on any atom is -0.486 e. The summed E-state index contributed by atoms with van der Waals surface area (Å²) in [4.78, 5) is 11.2. The number of carbonyl (C=O) groups excluding carboxylic acids is 1. The fraction of sp³-hybridized carbons (Fsp3) is 0.462. The monoisotopic (exact) mass is 256 g/mol. The predicted octanol–water partition coefficient (Wildman–Crippen LogP) is 3.45. The van der Waals surface area contributed by atoms with Gasteiger partial charge in [0, 0.05) is 6.42 Å². The first-order valence-corrected chi connectivity index (χ1v) is 6.08. The number of benzene rings is 1. The third-order valence-corrected chi connectivity index (χ3v) is 2.41. The average Bonchev–Trinajstić information content (AvgIpc) is 2.30. The fourth-order valence-corrected chi connectivity index (χ4v) is 1.46. The summed E-state index contributed by atoms with van der Waals surface area (Å²) in [6.45, 7) is 4.01. The van der Waals surface area contributed by atoms with Crippen molar-refractivity contribution >= 4 is 17.6 Å². The maximum atomic E-state index is 11.2. The second kappa shape index (κ2) is 7.17. The zero-order valence-electron chi connectivity index (χ0n) is 10.1. The van der Waals surface area contributed by atoms with Gasteiger partial charge in [0.15, 0.2) is 0 Å². The highest BCUT2D eigenvalue weighted by Gasteiger charge is 2.09. The Morgan fingerprint density at radius 3 is 2.76 bits per heavy atom. The molecule has 0 aliphatic rings. The molecule has 0 radical (unpaired) electrons. The van der Waals surface area contributed by atoms with Gasteiger partial charge in [-0.2, -0.15) is 0 Å². The van der Waals surface area contributed by atoms with Crippen LogP contribution in [-0.2, 0) is 9.53 Å². The van der Waals surface area contributed by atoms with Crippen LogP contribution in [0.25, 0.3) is 0 Å². The fourth-order valence-electron chi connectivity index (χ4n) is 1.28. The van der Waals surface area contributed by atoms with Crippen molar-refractivity contribution in [1.82, 2.24) is 0 Å². The molecule has 0 unspecified atom stereocenters. The Morgan fingerprint density at radius 2 is 2.12 bits per heavy atom. The Morgan fingerprint density at radius 1 is 1.41 bits per heavy atom. The standard InChI is InChI=1S/C13H17ClO3/c1-3-6-13(15)16-9-10(2)17-12-8-5-4-7-11(12)14/h4-5,7-8,10H,3,6,9H2,1-2H3/t10-/m0/s1. The van der Waals surface area contributed by atoms with Crippen molar-refractivity contribution in [2.75, 3.05) is 6.61 Å². The van der Waals surface area contributed by atoms with E-state index in [0.29, 0.717) is 17.2 Å². The van der Waals surface area contributed by atoms with Gasteiger partial charge < -0.3 is 9.47 Å². The molecule has 94 valence electrons. The maximum absolute atomic E-state index is 11.2. The van der Waals surface area contributed by atoms with Gasteiger partial charge in [-0.05, 0) is 25.5 Å². The summed E-state index contributed by atoms with van der Waals surface area (Å²) < 4.78 is 10.6. The first kappa shape index (κ1) is 13.8. The summed E-state index contributed by atoms with van der Waals surface area (Å²) in [6.07, 6.45) is 1.02. The topological polar surface area (TPSA) is 35.5 Å². The van der Waals surface area contributed by atoms with Crippen molar-refractivity contribution in [3.63, 3.8) is 0 Å². The molecule has 0 heterocycles. The molecule has 4 heteroatoms. The van der Waals surface area contributed by atoms with Crippen LogP contribution in [0.3, 0.4) is 0 Å². The van der Waals surface area contributed by atoms with Crippen LogP contribution in [0.4, 0.5) is 0 Å². The first-order chi connectivity index (χ1) is 8.13. The molecule has 0 fully saturated rings. The largest absolute Gasteiger partial charge is 0.486 e. The Balaban J connectivity index is 2.37. The number of hydrogen-bond donors (Lipinski definition) is 0. The molecule has 0 amide bonds. The van der Waals surface area contributed by atoms with E-state index in [1.807, 2.05) is 26.0 Å². The lowest BCUT2D eigenvalue weighted by molar-refractivity contribution is -0.145. The molecule has 0 aliphatic heterocycles. The highest BCUT2D eigenvalue weighted by molar-refractivity contribution is 6.32. The highest BCUT2D eigenvalue weighted by Crippen LogP contribution is 2.24. The van der Waals surface area contributed by atoms with Crippen LogP contribution in [0.5, 0.6) is 5.75 Å². The molecule has 1 atom stereocenters. The Hall–Kier alpha value is -1.22. The number of para-hydroxylation sites is 1. The summed E-state index contributed by atoms with van der Waals surface area (Å²) in [5, 5.41) is 0.555. The number of carbonyl (C=O) groups is 1. The highest BCUT2D eigenvalue weighted by atomic mass is 35.5. The Bertz CT molecular complexity index is 365. The predicted molar refractivity (Wildman–Crippen MR) is 67.4 cm³/mol. The molecule has 0 aliphatic carbocycles. The lowest BCUT2D eigenvalue weighted by Gasteiger charge is -2.15. The van der Waals surface area contributed by atoms with Crippen molar-refractivity contribution in [3.05, 3.63) is 29.3 Å².